The molecule has 0 fully saturated rings. The minimum absolute atomic E-state index is 0.331. The fraction of sp³-hybridized carbons (Fsp3) is 0.308. The summed E-state index contributed by atoms with van der Waals surface area (Å²) in [5, 5.41) is 7.82. The molecule has 18 heavy (non-hydrogen) atoms. The van der Waals surface area contributed by atoms with Crippen LogP contribution in [0.4, 0.5) is 0 Å². The number of ether oxygens (including phenoxy) is 1. The first kappa shape index (κ1) is 12.3. The van der Waals surface area contributed by atoms with Gasteiger partial charge in [-0.05, 0) is 19.1 Å². The highest BCUT2D eigenvalue weighted by atomic mass is 16.5. The number of nitrogens with zero attached hydrogens (tertiary/aromatic N) is 2. The molecule has 94 valence electrons. The Labute approximate surface area is 105 Å². The van der Waals surface area contributed by atoms with Crippen LogP contribution in [-0.2, 0) is 11.2 Å². The number of carbonyl (C=O) groups excluding carboxylic acids is 1. The zero-order chi connectivity index (χ0) is 13.0. The van der Waals surface area contributed by atoms with Gasteiger partial charge in [0.15, 0.2) is 0 Å². The normalized spacial score (nSPS) is 10.3. The summed E-state index contributed by atoms with van der Waals surface area (Å²) in [7, 11) is 0. The van der Waals surface area contributed by atoms with E-state index >= 15 is 0 Å². The first-order valence-corrected chi connectivity index (χ1v) is 5.85. The van der Waals surface area contributed by atoms with E-state index in [-0.39, 0.29) is 5.97 Å². The molecule has 2 aromatic rings. The largest absolute Gasteiger partial charge is 0.462 e. The summed E-state index contributed by atoms with van der Waals surface area (Å²) in [5.41, 5.74) is 1.04. The molecule has 0 amide bonds. The Morgan fingerprint density at radius 2 is 2.06 bits per heavy atom. The molecule has 1 heterocycles. The van der Waals surface area contributed by atoms with Crippen LogP contribution < -0.4 is 0 Å². The highest BCUT2D eigenvalue weighted by molar-refractivity contribution is 5.96. The van der Waals surface area contributed by atoms with Gasteiger partial charge in [-0.3, -0.25) is 0 Å². The van der Waals surface area contributed by atoms with Crippen molar-refractivity contribution in [3.8, 4) is 11.5 Å². The molecule has 0 N–H and O–H groups in total. The van der Waals surface area contributed by atoms with Gasteiger partial charge in [-0.2, -0.15) is 0 Å². The highest BCUT2D eigenvalue weighted by Gasteiger charge is 2.17. The van der Waals surface area contributed by atoms with Gasteiger partial charge in [0, 0.05) is 6.42 Å². The van der Waals surface area contributed by atoms with Crippen molar-refractivity contribution in [2.75, 3.05) is 6.61 Å². The molecule has 0 unspecified atom stereocenters. The van der Waals surface area contributed by atoms with E-state index < -0.39 is 0 Å². The van der Waals surface area contributed by atoms with Gasteiger partial charge in [0.25, 0.3) is 0 Å². The molecule has 5 heteroatoms. The maximum absolute atomic E-state index is 11.8. The van der Waals surface area contributed by atoms with Gasteiger partial charge < -0.3 is 9.15 Å². The molecule has 0 spiro atoms. The predicted molar refractivity (Wildman–Crippen MR) is 65.1 cm³/mol. The van der Waals surface area contributed by atoms with Crippen molar-refractivity contribution < 1.29 is 13.9 Å². The monoisotopic (exact) mass is 246 g/mol. The first-order chi connectivity index (χ1) is 8.76. The lowest BCUT2D eigenvalue weighted by atomic mass is 10.1. The maximum Gasteiger partial charge on any atom is 0.338 e. The smallest absolute Gasteiger partial charge is 0.338 e. The van der Waals surface area contributed by atoms with Gasteiger partial charge in [-0.1, -0.05) is 19.1 Å². The highest BCUT2D eigenvalue weighted by Crippen LogP contribution is 2.23. The van der Waals surface area contributed by atoms with E-state index in [4.69, 9.17) is 9.15 Å². The second-order valence-electron chi connectivity index (χ2n) is 3.62. The van der Waals surface area contributed by atoms with Crippen LogP contribution in [0.15, 0.2) is 28.7 Å². The summed E-state index contributed by atoms with van der Waals surface area (Å²) in [6, 6.07) is 7.03. The molecule has 0 radical (unpaired) electrons. The maximum atomic E-state index is 11.8. The molecule has 0 aliphatic heterocycles. The van der Waals surface area contributed by atoms with Crippen LogP contribution in [0.3, 0.4) is 0 Å². The van der Waals surface area contributed by atoms with Crippen LogP contribution >= 0.6 is 0 Å². The van der Waals surface area contributed by atoms with Crippen LogP contribution in [0.1, 0.15) is 30.1 Å². The number of aromatic nitrogens is 2. The van der Waals surface area contributed by atoms with Gasteiger partial charge in [0.2, 0.25) is 11.8 Å². The Bertz CT molecular complexity index is 549. The fourth-order valence-electron chi connectivity index (χ4n) is 1.56. The van der Waals surface area contributed by atoms with E-state index in [1.54, 1.807) is 25.1 Å². The average molecular weight is 246 g/mol. The third kappa shape index (κ3) is 2.40. The molecule has 0 aliphatic carbocycles. The molecule has 0 atom stereocenters. The van der Waals surface area contributed by atoms with Crippen LogP contribution in [0.2, 0.25) is 0 Å². The Balaban J connectivity index is 2.41. The summed E-state index contributed by atoms with van der Waals surface area (Å²) in [6.07, 6.45) is 0.661. The van der Waals surface area contributed by atoms with Crippen LogP contribution in [0.5, 0.6) is 0 Å². The third-order valence-corrected chi connectivity index (χ3v) is 2.42. The summed E-state index contributed by atoms with van der Waals surface area (Å²) < 4.78 is 10.5. The Kier molecular flexibility index (Phi) is 3.72. The van der Waals surface area contributed by atoms with Crippen molar-refractivity contribution in [2.45, 2.75) is 20.3 Å². The molecule has 0 saturated heterocycles. The third-order valence-electron chi connectivity index (χ3n) is 2.42. The number of esters is 1. The van der Waals surface area contributed by atoms with Crippen molar-refractivity contribution >= 4 is 5.97 Å². The van der Waals surface area contributed by atoms with Crippen LogP contribution in [-0.4, -0.2) is 22.8 Å². The Hall–Kier alpha value is -2.17. The number of benzene rings is 1. The lowest BCUT2D eigenvalue weighted by Gasteiger charge is -2.05. The number of rotatable bonds is 4. The molecule has 0 bridgehead atoms. The van der Waals surface area contributed by atoms with Gasteiger partial charge >= 0.3 is 5.97 Å². The van der Waals surface area contributed by atoms with Gasteiger partial charge in [-0.15, -0.1) is 10.2 Å². The van der Waals surface area contributed by atoms with E-state index in [2.05, 4.69) is 10.2 Å². The molecule has 1 aromatic heterocycles. The quantitative estimate of drug-likeness (QED) is 0.775. The minimum atomic E-state index is -0.385. The number of carbonyl (C=O) groups is 1. The topological polar surface area (TPSA) is 65.2 Å². The van der Waals surface area contributed by atoms with Crippen molar-refractivity contribution in [2.24, 2.45) is 0 Å². The number of aryl methyl sites for hydroxylation is 1. The standard InChI is InChI=1S/C13H14N2O3/c1-3-11-14-15-12(18-11)9-7-5-6-8-10(9)13(16)17-4-2/h5-8H,3-4H2,1-2H3. The lowest BCUT2D eigenvalue weighted by molar-refractivity contribution is 0.0527. The van der Waals surface area contributed by atoms with E-state index in [9.17, 15) is 4.79 Å². The van der Waals surface area contributed by atoms with Crippen molar-refractivity contribution in [3.05, 3.63) is 35.7 Å². The molecule has 0 saturated carbocycles. The van der Waals surface area contributed by atoms with Crippen LogP contribution in [0, 0.1) is 0 Å². The Morgan fingerprint density at radius 3 is 2.72 bits per heavy atom. The molecule has 0 aliphatic rings. The van der Waals surface area contributed by atoms with E-state index in [0.717, 1.165) is 0 Å². The minimum Gasteiger partial charge on any atom is -0.462 e. The molecular weight excluding hydrogens is 232 g/mol. The van der Waals surface area contributed by atoms with E-state index in [1.165, 1.54) is 0 Å². The van der Waals surface area contributed by atoms with Gasteiger partial charge in [-0.25, -0.2) is 4.79 Å². The SMILES string of the molecule is CCOC(=O)c1ccccc1-c1nnc(CC)o1. The molecule has 5 nitrogen and oxygen atoms in total. The first-order valence-electron chi connectivity index (χ1n) is 5.85. The summed E-state index contributed by atoms with van der Waals surface area (Å²) >= 11 is 0. The van der Waals surface area contributed by atoms with Crippen molar-refractivity contribution in [3.63, 3.8) is 0 Å². The van der Waals surface area contributed by atoms with Crippen molar-refractivity contribution in [1.29, 1.82) is 0 Å². The summed E-state index contributed by atoms with van der Waals surface area (Å²) in [4.78, 5) is 11.8. The van der Waals surface area contributed by atoms with Crippen molar-refractivity contribution in [1.82, 2.24) is 10.2 Å². The lowest BCUT2D eigenvalue weighted by Crippen LogP contribution is -2.06. The zero-order valence-corrected chi connectivity index (χ0v) is 10.3. The predicted octanol–water partition coefficient (Wildman–Crippen LogP) is 2.48. The second-order valence-corrected chi connectivity index (χ2v) is 3.62. The van der Waals surface area contributed by atoms with Gasteiger partial charge in [0.1, 0.15) is 0 Å². The number of hydrogen-bond donors (Lipinski definition) is 0. The molecule has 1 aromatic carbocycles. The molecular formula is C13H14N2O3. The summed E-state index contributed by atoms with van der Waals surface area (Å²) in [5.74, 6) is 0.503. The average Bonchev–Trinajstić information content (AvgIpc) is 2.87. The van der Waals surface area contributed by atoms with Crippen LogP contribution in [0.25, 0.3) is 11.5 Å². The number of hydrogen-bond acceptors (Lipinski definition) is 5. The van der Waals surface area contributed by atoms with E-state index in [1.807, 2.05) is 13.0 Å². The Morgan fingerprint density at radius 1 is 1.28 bits per heavy atom. The summed E-state index contributed by atoms with van der Waals surface area (Å²) in [6.45, 7) is 4.02. The molecule has 2 rings (SSSR count). The fourth-order valence-corrected chi connectivity index (χ4v) is 1.56. The van der Waals surface area contributed by atoms with Gasteiger partial charge in [0.05, 0.1) is 17.7 Å². The van der Waals surface area contributed by atoms with E-state index in [0.29, 0.717) is 35.9 Å². The zero-order valence-electron chi connectivity index (χ0n) is 10.3. The second kappa shape index (κ2) is 5.44.